The van der Waals surface area contributed by atoms with Crippen molar-refractivity contribution >= 4 is 37.3 Å². The lowest BCUT2D eigenvalue weighted by molar-refractivity contribution is 0.285. The molecule has 4 nitrogen and oxygen atoms in total. The van der Waals surface area contributed by atoms with Crippen molar-refractivity contribution in [3.63, 3.8) is 0 Å². The van der Waals surface area contributed by atoms with Crippen LogP contribution in [0.3, 0.4) is 0 Å². The van der Waals surface area contributed by atoms with E-state index in [2.05, 4.69) is 20.7 Å². The fourth-order valence-electron chi connectivity index (χ4n) is 1.84. The highest BCUT2D eigenvalue weighted by atomic mass is 79.9. The lowest BCUT2D eigenvalue weighted by Gasteiger charge is -2.06. The molecule has 0 spiro atoms. The molecule has 0 aliphatic rings. The third-order valence-corrected chi connectivity index (χ3v) is 5.90. The van der Waals surface area contributed by atoms with Crippen LogP contribution in [-0.4, -0.2) is 20.1 Å². The maximum atomic E-state index is 12.0. The molecule has 0 bridgehead atoms. The Morgan fingerprint density at radius 1 is 1.24 bits per heavy atom. The van der Waals surface area contributed by atoms with E-state index in [1.54, 1.807) is 24.3 Å². The van der Waals surface area contributed by atoms with Crippen LogP contribution < -0.4 is 4.72 Å². The van der Waals surface area contributed by atoms with Gasteiger partial charge in [0.2, 0.25) is 10.0 Å². The first kappa shape index (κ1) is 16.6. The lowest BCUT2D eigenvalue weighted by Crippen LogP contribution is -2.25. The van der Waals surface area contributed by atoms with Gasteiger partial charge in [-0.25, -0.2) is 13.1 Å². The summed E-state index contributed by atoms with van der Waals surface area (Å²) >= 11 is 4.80. The van der Waals surface area contributed by atoms with Crippen molar-refractivity contribution in [2.24, 2.45) is 0 Å². The van der Waals surface area contributed by atoms with Crippen molar-refractivity contribution < 1.29 is 13.5 Å². The molecule has 0 aliphatic carbocycles. The molecular weight excluding hydrogens is 374 g/mol. The highest BCUT2D eigenvalue weighted by molar-refractivity contribution is 9.10. The van der Waals surface area contributed by atoms with Crippen LogP contribution in [0.15, 0.2) is 45.1 Å². The Labute approximate surface area is 137 Å². The second kappa shape index (κ2) is 7.51. The van der Waals surface area contributed by atoms with E-state index in [0.717, 1.165) is 27.8 Å². The molecule has 0 unspecified atom stereocenters. The highest BCUT2D eigenvalue weighted by Crippen LogP contribution is 2.16. The van der Waals surface area contributed by atoms with Gasteiger partial charge in [0.25, 0.3) is 0 Å². The van der Waals surface area contributed by atoms with Gasteiger partial charge in [0.1, 0.15) is 0 Å². The van der Waals surface area contributed by atoms with Crippen LogP contribution in [0.25, 0.3) is 0 Å². The molecule has 2 N–H and O–H groups in total. The minimum Gasteiger partial charge on any atom is -0.391 e. The van der Waals surface area contributed by atoms with Crippen LogP contribution in [0.4, 0.5) is 0 Å². The van der Waals surface area contributed by atoms with E-state index in [4.69, 9.17) is 5.11 Å². The van der Waals surface area contributed by atoms with Gasteiger partial charge in [0.05, 0.1) is 11.5 Å². The van der Waals surface area contributed by atoms with E-state index in [1.807, 2.05) is 11.4 Å². The number of aliphatic hydroxyl groups is 1. The molecule has 0 saturated carbocycles. The van der Waals surface area contributed by atoms with Crippen LogP contribution in [0.1, 0.15) is 16.9 Å². The van der Waals surface area contributed by atoms with Gasteiger partial charge in [-0.05, 0) is 54.1 Å². The van der Waals surface area contributed by atoms with E-state index in [9.17, 15) is 8.42 Å². The second-order valence-corrected chi connectivity index (χ2v) is 8.21. The number of nitrogens with one attached hydrogen (secondary N) is 1. The number of rotatable bonds is 7. The van der Waals surface area contributed by atoms with Crippen molar-refractivity contribution in [3.8, 4) is 0 Å². The number of aryl methyl sites for hydroxylation is 1. The Kier molecular flexibility index (Phi) is 5.95. The number of hydrogen-bond donors (Lipinski definition) is 2. The molecular formula is C14H16BrNO3S2. The molecule has 1 heterocycles. The monoisotopic (exact) mass is 389 g/mol. The molecule has 0 saturated heterocycles. The molecule has 21 heavy (non-hydrogen) atoms. The summed E-state index contributed by atoms with van der Waals surface area (Å²) < 4.78 is 27.5. The number of thiophene rings is 1. The normalized spacial score (nSPS) is 11.7. The van der Waals surface area contributed by atoms with Gasteiger partial charge in [0.15, 0.2) is 0 Å². The molecule has 0 radical (unpaired) electrons. The summed E-state index contributed by atoms with van der Waals surface area (Å²) in [4.78, 5) is 1.20. The average Bonchev–Trinajstić information content (AvgIpc) is 2.92. The summed E-state index contributed by atoms with van der Waals surface area (Å²) in [5.74, 6) is 0. The maximum Gasteiger partial charge on any atom is 0.240 e. The predicted octanol–water partition coefficient (Wildman–Crippen LogP) is 2.91. The van der Waals surface area contributed by atoms with Crippen LogP contribution >= 0.6 is 27.3 Å². The van der Waals surface area contributed by atoms with E-state index in [0.29, 0.717) is 6.54 Å². The SMILES string of the molecule is O=S(=O)(NCCCc1csc(CO)c1)c1ccc(Br)cc1. The fraction of sp³-hybridized carbons (Fsp3) is 0.286. The van der Waals surface area contributed by atoms with Crippen LogP contribution in [0, 0.1) is 0 Å². The largest absolute Gasteiger partial charge is 0.391 e. The molecule has 1 aromatic heterocycles. The van der Waals surface area contributed by atoms with Crippen LogP contribution in [-0.2, 0) is 23.1 Å². The standard InChI is InChI=1S/C14H16BrNO3S2/c15-12-3-5-14(6-4-12)21(18,19)16-7-1-2-11-8-13(9-17)20-10-11/h3-6,8,10,16-17H,1-2,7,9H2. The molecule has 0 fully saturated rings. The minimum atomic E-state index is -3.44. The Morgan fingerprint density at radius 3 is 2.57 bits per heavy atom. The van der Waals surface area contributed by atoms with Crippen molar-refractivity contribution in [2.45, 2.75) is 24.3 Å². The molecule has 0 aliphatic heterocycles. The quantitative estimate of drug-likeness (QED) is 0.715. The van der Waals surface area contributed by atoms with E-state index in [1.165, 1.54) is 11.3 Å². The van der Waals surface area contributed by atoms with Crippen molar-refractivity contribution in [1.29, 1.82) is 0 Å². The average molecular weight is 390 g/mol. The van der Waals surface area contributed by atoms with Gasteiger partial charge in [-0.3, -0.25) is 0 Å². The first-order chi connectivity index (χ1) is 10.0. The molecule has 0 atom stereocenters. The van der Waals surface area contributed by atoms with Gasteiger partial charge in [0, 0.05) is 15.9 Å². The van der Waals surface area contributed by atoms with Crippen molar-refractivity contribution in [3.05, 3.63) is 50.6 Å². The number of hydrogen-bond acceptors (Lipinski definition) is 4. The lowest BCUT2D eigenvalue weighted by atomic mass is 10.2. The third kappa shape index (κ3) is 4.89. The predicted molar refractivity (Wildman–Crippen MR) is 87.9 cm³/mol. The van der Waals surface area contributed by atoms with Gasteiger partial charge in [-0.15, -0.1) is 11.3 Å². The molecule has 114 valence electrons. The summed E-state index contributed by atoms with van der Waals surface area (Å²) in [7, 11) is -3.44. The highest BCUT2D eigenvalue weighted by Gasteiger charge is 2.12. The smallest absolute Gasteiger partial charge is 0.240 e. The first-order valence-electron chi connectivity index (χ1n) is 6.43. The summed E-state index contributed by atoms with van der Waals surface area (Å²) in [6.45, 7) is 0.448. The van der Waals surface area contributed by atoms with Gasteiger partial charge in [-0.2, -0.15) is 0 Å². The van der Waals surface area contributed by atoms with Crippen LogP contribution in [0.5, 0.6) is 0 Å². The Hall–Kier alpha value is -0.730. The summed E-state index contributed by atoms with van der Waals surface area (Å²) in [6.07, 6.45) is 1.51. The Balaban J connectivity index is 1.83. The maximum absolute atomic E-state index is 12.0. The van der Waals surface area contributed by atoms with E-state index in [-0.39, 0.29) is 11.5 Å². The van der Waals surface area contributed by atoms with Crippen molar-refractivity contribution in [2.75, 3.05) is 6.54 Å². The number of aliphatic hydroxyl groups excluding tert-OH is 1. The summed E-state index contributed by atoms with van der Waals surface area (Å²) in [5, 5.41) is 11.0. The molecule has 0 amide bonds. The number of benzene rings is 1. The van der Waals surface area contributed by atoms with Gasteiger partial charge >= 0.3 is 0 Å². The van der Waals surface area contributed by atoms with Gasteiger partial charge in [-0.1, -0.05) is 15.9 Å². The zero-order chi connectivity index (χ0) is 15.3. The fourth-order valence-corrected chi connectivity index (χ4v) is 3.96. The minimum absolute atomic E-state index is 0.0564. The zero-order valence-electron chi connectivity index (χ0n) is 11.3. The molecule has 2 rings (SSSR count). The van der Waals surface area contributed by atoms with E-state index < -0.39 is 10.0 Å². The Morgan fingerprint density at radius 2 is 1.95 bits per heavy atom. The topological polar surface area (TPSA) is 66.4 Å². The number of halogens is 1. The Bertz CT molecular complexity index is 680. The zero-order valence-corrected chi connectivity index (χ0v) is 14.5. The molecule has 7 heteroatoms. The molecule has 1 aromatic carbocycles. The third-order valence-electron chi connectivity index (χ3n) is 2.92. The summed E-state index contributed by atoms with van der Waals surface area (Å²) in [5.41, 5.74) is 1.13. The molecule has 2 aromatic rings. The van der Waals surface area contributed by atoms with Gasteiger partial charge < -0.3 is 5.11 Å². The van der Waals surface area contributed by atoms with E-state index >= 15 is 0 Å². The summed E-state index contributed by atoms with van der Waals surface area (Å²) in [6, 6.07) is 8.50. The van der Waals surface area contributed by atoms with Crippen molar-refractivity contribution in [1.82, 2.24) is 4.72 Å². The number of sulfonamides is 1. The first-order valence-corrected chi connectivity index (χ1v) is 9.59. The van der Waals surface area contributed by atoms with Crippen LogP contribution in [0.2, 0.25) is 0 Å². The second-order valence-electron chi connectivity index (χ2n) is 4.53.